The topological polar surface area (TPSA) is 58.6 Å². The average Bonchev–Trinajstić information content (AvgIpc) is 3.03. The second-order valence-electron chi connectivity index (χ2n) is 7.54. The lowest BCUT2D eigenvalue weighted by Gasteiger charge is -2.14. The van der Waals surface area contributed by atoms with Gasteiger partial charge in [0.25, 0.3) is 11.8 Å². The van der Waals surface area contributed by atoms with Crippen LogP contribution in [0.2, 0.25) is 0 Å². The highest BCUT2D eigenvalue weighted by atomic mass is 16.5. The van der Waals surface area contributed by atoms with Gasteiger partial charge in [-0.3, -0.25) is 14.5 Å². The van der Waals surface area contributed by atoms with Crippen molar-refractivity contribution in [1.29, 1.82) is 0 Å². The summed E-state index contributed by atoms with van der Waals surface area (Å²) in [6.45, 7) is 5.03. The second-order valence-corrected chi connectivity index (χ2v) is 7.54. The van der Waals surface area contributed by atoms with E-state index in [-0.39, 0.29) is 11.8 Å². The number of fused-ring (bicyclic) bond motifs is 1. The maximum Gasteiger partial charge on any atom is 0.278 e. The van der Waals surface area contributed by atoms with Gasteiger partial charge >= 0.3 is 0 Å². The van der Waals surface area contributed by atoms with E-state index in [1.165, 1.54) is 4.90 Å². The van der Waals surface area contributed by atoms with Crippen LogP contribution in [0.15, 0.2) is 72.4 Å². The number of imide groups is 1. The monoisotopic (exact) mass is 414 g/mol. The molecule has 31 heavy (non-hydrogen) atoms. The van der Waals surface area contributed by atoms with Gasteiger partial charge in [-0.2, -0.15) is 0 Å². The van der Waals surface area contributed by atoms with E-state index in [0.29, 0.717) is 36.4 Å². The molecule has 0 aliphatic carbocycles. The van der Waals surface area contributed by atoms with Crippen LogP contribution in [-0.4, -0.2) is 29.9 Å². The third-order valence-corrected chi connectivity index (χ3v) is 5.28. The van der Waals surface area contributed by atoms with E-state index in [4.69, 9.17) is 4.74 Å². The maximum absolute atomic E-state index is 13.2. The van der Waals surface area contributed by atoms with E-state index in [1.54, 1.807) is 0 Å². The van der Waals surface area contributed by atoms with Gasteiger partial charge in [-0.25, -0.2) is 0 Å². The molecule has 0 aromatic heterocycles. The quantitative estimate of drug-likeness (QED) is 0.513. The van der Waals surface area contributed by atoms with Crippen molar-refractivity contribution in [3.8, 4) is 5.75 Å². The Morgan fingerprint density at radius 3 is 2.32 bits per heavy atom. The van der Waals surface area contributed by atoms with E-state index in [0.717, 1.165) is 28.6 Å². The van der Waals surface area contributed by atoms with Gasteiger partial charge in [0, 0.05) is 17.6 Å². The second kappa shape index (κ2) is 9.04. The molecule has 0 saturated heterocycles. The first kappa shape index (κ1) is 20.7. The van der Waals surface area contributed by atoms with Crippen LogP contribution in [-0.2, 0) is 9.59 Å². The summed E-state index contributed by atoms with van der Waals surface area (Å²) in [7, 11) is 0. The van der Waals surface area contributed by atoms with Crippen LogP contribution in [0.4, 0.5) is 5.69 Å². The highest BCUT2D eigenvalue weighted by Gasteiger charge is 2.38. The van der Waals surface area contributed by atoms with Gasteiger partial charge < -0.3 is 10.1 Å². The van der Waals surface area contributed by atoms with Crippen LogP contribution in [0, 0.1) is 0 Å². The molecule has 1 N–H and O–H groups in total. The number of carbonyl (C=O) groups excluding carboxylic acids is 2. The number of amides is 2. The number of hydrogen-bond donors (Lipinski definition) is 1. The number of nitrogens with one attached hydrogen (secondary N) is 1. The number of nitrogens with zero attached hydrogens (tertiary/aromatic N) is 1. The third-order valence-electron chi connectivity index (χ3n) is 5.28. The molecule has 0 bridgehead atoms. The first-order chi connectivity index (χ1) is 15.1. The van der Waals surface area contributed by atoms with E-state index in [9.17, 15) is 9.59 Å². The minimum absolute atomic E-state index is 0.267. The largest absolute Gasteiger partial charge is 0.494 e. The van der Waals surface area contributed by atoms with Crippen LogP contribution in [0.5, 0.6) is 5.75 Å². The summed E-state index contributed by atoms with van der Waals surface area (Å²) in [5, 5.41) is 5.35. The lowest BCUT2D eigenvalue weighted by Crippen LogP contribution is -2.33. The lowest BCUT2D eigenvalue weighted by molar-refractivity contribution is -0.136. The number of rotatable bonds is 8. The van der Waals surface area contributed by atoms with Crippen molar-refractivity contribution in [2.75, 3.05) is 18.5 Å². The van der Waals surface area contributed by atoms with Gasteiger partial charge in [0.05, 0.1) is 12.2 Å². The molecule has 3 aromatic carbocycles. The first-order valence-electron chi connectivity index (χ1n) is 10.7. The van der Waals surface area contributed by atoms with Crippen LogP contribution >= 0.6 is 0 Å². The Bertz CT molecular complexity index is 1140. The molecule has 0 radical (unpaired) electrons. The maximum atomic E-state index is 13.2. The average molecular weight is 415 g/mol. The minimum atomic E-state index is -0.291. The third kappa shape index (κ3) is 4.04. The Kier molecular flexibility index (Phi) is 6.03. The summed E-state index contributed by atoms with van der Waals surface area (Å²) in [6, 6.07) is 21.2. The molecule has 5 heteroatoms. The fourth-order valence-electron chi connectivity index (χ4n) is 3.79. The lowest BCUT2D eigenvalue weighted by atomic mass is 10.0. The van der Waals surface area contributed by atoms with Gasteiger partial charge in [0.15, 0.2) is 0 Å². The molecular formula is C26H26N2O3. The van der Waals surface area contributed by atoms with Crippen LogP contribution in [0.25, 0.3) is 16.3 Å². The fraction of sp³-hybridized carbons (Fsp3) is 0.231. The van der Waals surface area contributed by atoms with Crippen molar-refractivity contribution >= 4 is 33.8 Å². The zero-order valence-electron chi connectivity index (χ0n) is 17.9. The van der Waals surface area contributed by atoms with E-state index in [2.05, 4.69) is 12.2 Å². The number of ether oxygens (including phenoxy) is 1. The van der Waals surface area contributed by atoms with Crippen molar-refractivity contribution < 1.29 is 14.3 Å². The molecule has 2 amide bonds. The molecule has 0 spiro atoms. The van der Waals surface area contributed by atoms with Crippen LogP contribution in [0.1, 0.15) is 32.3 Å². The SMILES string of the molecule is CCCOc1ccc(C2=C(Nc3cccc4ccccc34)C(=O)N(CCC)C2=O)cc1. The van der Waals surface area contributed by atoms with Crippen LogP contribution in [0.3, 0.4) is 0 Å². The highest BCUT2D eigenvalue weighted by molar-refractivity contribution is 6.36. The normalized spacial score (nSPS) is 13.9. The fourth-order valence-corrected chi connectivity index (χ4v) is 3.79. The van der Waals surface area contributed by atoms with Gasteiger partial charge in [-0.1, -0.05) is 62.4 Å². The molecule has 3 aromatic rings. The number of carbonyl (C=O) groups is 2. The zero-order chi connectivity index (χ0) is 21.8. The van der Waals surface area contributed by atoms with E-state index < -0.39 is 0 Å². The molecule has 5 nitrogen and oxygen atoms in total. The smallest absolute Gasteiger partial charge is 0.278 e. The highest BCUT2D eigenvalue weighted by Crippen LogP contribution is 2.33. The summed E-state index contributed by atoms with van der Waals surface area (Å²) >= 11 is 0. The van der Waals surface area contributed by atoms with Crippen molar-refractivity contribution in [3.63, 3.8) is 0 Å². The Morgan fingerprint density at radius 2 is 1.58 bits per heavy atom. The molecule has 158 valence electrons. The van der Waals surface area contributed by atoms with Gasteiger partial charge in [0.1, 0.15) is 11.4 Å². The summed E-state index contributed by atoms with van der Waals surface area (Å²) < 4.78 is 5.66. The minimum Gasteiger partial charge on any atom is -0.494 e. The predicted molar refractivity (Wildman–Crippen MR) is 124 cm³/mol. The summed E-state index contributed by atoms with van der Waals surface area (Å²) in [6.07, 6.45) is 1.63. The van der Waals surface area contributed by atoms with Crippen molar-refractivity contribution in [3.05, 3.63) is 78.0 Å². The Balaban J connectivity index is 1.77. The molecular weight excluding hydrogens is 388 g/mol. The van der Waals surface area contributed by atoms with Crippen LogP contribution < -0.4 is 10.1 Å². The summed E-state index contributed by atoms with van der Waals surface area (Å²) in [4.78, 5) is 27.7. The van der Waals surface area contributed by atoms with E-state index >= 15 is 0 Å². The summed E-state index contributed by atoms with van der Waals surface area (Å²) in [5.41, 5.74) is 2.21. The molecule has 1 aliphatic heterocycles. The molecule has 1 aliphatic rings. The zero-order valence-corrected chi connectivity index (χ0v) is 17.9. The predicted octanol–water partition coefficient (Wildman–Crippen LogP) is 5.23. The molecule has 0 fully saturated rings. The molecule has 0 saturated carbocycles. The standard InChI is InChI=1S/C26H26N2O3/c1-3-16-28-25(29)23(19-12-14-20(15-13-19)31-17-4-2)24(26(28)30)27-22-11-7-9-18-8-5-6-10-21(18)22/h5-15,27H,3-4,16-17H2,1-2H3. The Morgan fingerprint density at radius 1 is 0.839 bits per heavy atom. The first-order valence-corrected chi connectivity index (χ1v) is 10.7. The van der Waals surface area contributed by atoms with Crippen molar-refractivity contribution in [2.24, 2.45) is 0 Å². The summed E-state index contributed by atoms with van der Waals surface area (Å²) in [5.74, 6) is 0.190. The molecule has 0 atom stereocenters. The number of hydrogen-bond acceptors (Lipinski definition) is 4. The number of benzene rings is 3. The molecule has 4 rings (SSSR count). The Hall–Kier alpha value is -3.60. The van der Waals surface area contributed by atoms with Gasteiger partial charge in [-0.05, 0) is 42.0 Å². The number of anilines is 1. The van der Waals surface area contributed by atoms with Crippen molar-refractivity contribution in [2.45, 2.75) is 26.7 Å². The van der Waals surface area contributed by atoms with Gasteiger partial charge in [0.2, 0.25) is 0 Å². The van der Waals surface area contributed by atoms with E-state index in [1.807, 2.05) is 73.7 Å². The molecule has 0 unspecified atom stereocenters. The Labute approximate surface area is 182 Å². The van der Waals surface area contributed by atoms with Gasteiger partial charge in [-0.15, -0.1) is 0 Å². The van der Waals surface area contributed by atoms with Crippen molar-refractivity contribution in [1.82, 2.24) is 4.90 Å². The molecule has 1 heterocycles.